The van der Waals surface area contributed by atoms with Crippen LogP contribution in [0.4, 0.5) is 5.95 Å². The third-order valence-electron chi connectivity index (χ3n) is 7.53. The van der Waals surface area contributed by atoms with Crippen molar-refractivity contribution in [3.8, 4) is 11.5 Å². The number of aryl methyl sites for hydroxylation is 2. The number of hydrogen-bond donors (Lipinski definition) is 2. The van der Waals surface area contributed by atoms with Gasteiger partial charge in [0.05, 0.1) is 36.4 Å². The van der Waals surface area contributed by atoms with Crippen molar-refractivity contribution < 1.29 is 24.2 Å². The van der Waals surface area contributed by atoms with Crippen LogP contribution >= 0.6 is 0 Å². The Hall–Kier alpha value is -4.59. The number of ketones is 1. The van der Waals surface area contributed by atoms with Gasteiger partial charge < -0.3 is 19.6 Å². The summed E-state index contributed by atoms with van der Waals surface area (Å²) in [6.45, 7) is 12.6. The van der Waals surface area contributed by atoms with E-state index in [0.717, 1.165) is 22.2 Å². The minimum Gasteiger partial charge on any atom is -0.507 e. The van der Waals surface area contributed by atoms with Crippen molar-refractivity contribution in [2.75, 3.05) is 18.6 Å². The molecule has 1 amide bonds. The predicted molar refractivity (Wildman–Crippen MR) is 160 cm³/mol. The summed E-state index contributed by atoms with van der Waals surface area (Å²) in [6.07, 6.45) is 0. The van der Waals surface area contributed by atoms with E-state index in [1.54, 1.807) is 43.5 Å². The van der Waals surface area contributed by atoms with E-state index in [1.807, 2.05) is 39.0 Å². The SMILES string of the molecule is CCOc1ccc(/C(O)=C2\C(=O)C(=O)N(c3nc4cc(C)c(C)cc4[nH]3)C2c2cccc(OC)c2)cc1C(C)(C)C. The van der Waals surface area contributed by atoms with E-state index in [9.17, 15) is 14.7 Å². The lowest BCUT2D eigenvalue weighted by Crippen LogP contribution is -2.30. The van der Waals surface area contributed by atoms with Gasteiger partial charge in [-0.05, 0) is 85.3 Å². The second-order valence-corrected chi connectivity index (χ2v) is 11.4. The summed E-state index contributed by atoms with van der Waals surface area (Å²) < 4.78 is 11.3. The number of aliphatic hydroxyl groups excluding tert-OH is 1. The molecule has 0 saturated carbocycles. The molecule has 0 aliphatic carbocycles. The van der Waals surface area contributed by atoms with Gasteiger partial charge >= 0.3 is 5.91 Å². The monoisotopic (exact) mass is 553 g/mol. The molecule has 0 spiro atoms. The molecule has 2 N–H and O–H groups in total. The number of carbonyl (C=O) groups is 2. The average Bonchev–Trinajstić information content (AvgIpc) is 3.45. The summed E-state index contributed by atoms with van der Waals surface area (Å²) in [6, 6.07) is 15.4. The summed E-state index contributed by atoms with van der Waals surface area (Å²) >= 11 is 0. The van der Waals surface area contributed by atoms with Gasteiger partial charge in [0.25, 0.3) is 5.78 Å². The average molecular weight is 554 g/mol. The first-order chi connectivity index (χ1) is 19.4. The van der Waals surface area contributed by atoms with Gasteiger partial charge in [-0.15, -0.1) is 0 Å². The van der Waals surface area contributed by atoms with Gasteiger partial charge in [0.2, 0.25) is 5.95 Å². The van der Waals surface area contributed by atoms with Gasteiger partial charge in [-0.25, -0.2) is 4.98 Å². The summed E-state index contributed by atoms with van der Waals surface area (Å²) in [4.78, 5) is 36.6. The zero-order valence-electron chi connectivity index (χ0n) is 24.5. The number of fused-ring (bicyclic) bond motifs is 1. The Morgan fingerprint density at radius 1 is 1.05 bits per heavy atom. The lowest BCUT2D eigenvalue weighted by molar-refractivity contribution is -0.132. The molecule has 1 unspecified atom stereocenters. The van der Waals surface area contributed by atoms with Gasteiger partial charge in [-0.1, -0.05) is 32.9 Å². The number of methoxy groups -OCH3 is 1. The van der Waals surface area contributed by atoms with Crippen LogP contribution in [-0.2, 0) is 15.0 Å². The molecule has 0 bridgehead atoms. The van der Waals surface area contributed by atoms with Crippen LogP contribution in [0.5, 0.6) is 11.5 Å². The summed E-state index contributed by atoms with van der Waals surface area (Å²) in [7, 11) is 1.55. The highest BCUT2D eigenvalue weighted by Crippen LogP contribution is 2.43. The summed E-state index contributed by atoms with van der Waals surface area (Å²) in [5.74, 6) is -0.367. The fourth-order valence-electron chi connectivity index (χ4n) is 5.25. The number of benzene rings is 3. The maximum atomic E-state index is 13.7. The van der Waals surface area contributed by atoms with E-state index < -0.39 is 17.7 Å². The summed E-state index contributed by atoms with van der Waals surface area (Å²) in [5.41, 5.74) is 5.12. The number of nitrogens with zero attached hydrogens (tertiary/aromatic N) is 2. The van der Waals surface area contributed by atoms with Crippen LogP contribution in [0.3, 0.4) is 0 Å². The normalized spacial score (nSPS) is 17.0. The number of ether oxygens (including phenoxy) is 2. The number of aromatic nitrogens is 2. The van der Waals surface area contributed by atoms with Gasteiger partial charge in [0.15, 0.2) is 0 Å². The van der Waals surface area contributed by atoms with Crippen LogP contribution in [0.25, 0.3) is 16.8 Å². The summed E-state index contributed by atoms with van der Waals surface area (Å²) in [5, 5.41) is 11.7. The maximum absolute atomic E-state index is 13.7. The van der Waals surface area contributed by atoms with Crippen LogP contribution in [0.15, 0.2) is 60.2 Å². The molecule has 8 nitrogen and oxygen atoms in total. The third-order valence-corrected chi connectivity index (χ3v) is 7.53. The Balaban J connectivity index is 1.74. The van der Waals surface area contributed by atoms with Crippen molar-refractivity contribution >= 4 is 34.4 Å². The zero-order valence-corrected chi connectivity index (χ0v) is 24.5. The first kappa shape index (κ1) is 28.0. The number of H-pyrrole nitrogens is 1. The largest absolute Gasteiger partial charge is 0.507 e. The van der Waals surface area contributed by atoms with E-state index >= 15 is 0 Å². The number of imidazole rings is 1. The van der Waals surface area contributed by atoms with E-state index in [2.05, 4.69) is 25.8 Å². The van der Waals surface area contributed by atoms with Crippen molar-refractivity contribution in [1.82, 2.24) is 9.97 Å². The number of rotatable bonds is 6. The number of aliphatic hydroxyl groups is 1. The van der Waals surface area contributed by atoms with Crippen molar-refractivity contribution in [1.29, 1.82) is 0 Å². The molecule has 212 valence electrons. The zero-order chi connectivity index (χ0) is 29.6. The standard InChI is InChI=1S/C33H35N3O5/c1-8-41-26-13-12-21(17-23(26)33(4,5)6)29(37)27-28(20-10-9-11-22(16-20)40-7)36(31(39)30(27)38)32-34-24-14-18(2)19(3)15-25(24)35-32/h9-17,28,37H,8H2,1-7H3,(H,34,35)/b29-27+. The number of Topliss-reactive ketones (excluding diaryl/α,β-unsaturated/α-hetero) is 1. The highest BCUT2D eigenvalue weighted by Gasteiger charge is 2.48. The molecule has 8 heteroatoms. The molecular weight excluding hydrogens is 518 g/mol. The van der Waals surface area contributed by atoms with Crippen molar-refractivity contribution in [3.63, 3.8) is 0 Å². The molecule has 1 aromatic heterocycles. The molecular formula is C33H35N3O5. The van der Waals surface area contributed by atoms with Crippen molar-refractivity contribution in [3.05, 3.63) is 88.0 Å². The Morgan fingerprint density at radius 2 is 1.78 bits per heavy atom. The number of aromatic amines is 1. The Kier molecular flexibility index (Phi) is 7.11. The Morgan fingerprint density at radius 3 is 2.46 bits per heavy atom. The highest BCUT2D eigenvalue weighted by molar-refractivity contribution is 6.51. The molecule has 0 radical (unpaired) electrons. The topological polar surface area (TPSA) is 105 Å². The quantitative estimate of drug-likeness (QED) is 0.160. The first-order valence-electron chi connectivity index (χ1n) is 13.6. The highest BCUT2D eigenvalue weighted by atomic mass is 16.5. The molecule has 1 aliphatic rings. The van der Waals surface area contributed by atoms with Gasteiger partial charge in [-0.3, -0.25) is 14.5 Å². The second kappa shape index (κ2) is 10.4. The number of anilines is 1. The van der Waals surface area contributed by atoms with Gasteiger partial charge in [0.1, 0.15) is 17.3 Å². The van der Waals surface area contributed by atoms with Crippen LogP contribution in [0.1, 0.15) is 61.6 Å². The third kappa shape index (κ3) is 4.94. The maximum Gasteiger partial charge on any atom is 0.302 e. The number of carbonyl (C=O) groups excluding carboxylic acids is 2. The molecule has 2 heterocycles. The van der Waals surface area contributed by atoms with Crippen LogP contribution in [0.2, 0.25) is 0 Å². The van der Waals surface area contributed by atoms with E-state index in [-0.39, 0.29) is 22.7 Å². The number of amides is 1. The minimum absolute atomic E-state index is 0.0277. The smallest absolute Gasteiger partial charge is 0.302 e. The Labute approximate surface area is 239 Å². The second-order valence-electron chi connectivity index (χ2n) is 11.4. The minimum atomic E-state index is -0.947. The fraction of sp³-hybridized carbons (Fsp3) is 0.303. The van der Waals surface area contributed by atoms with Crippen molar-refractivity contribution in [2.24, 2.45) is 0 Å². The molecule has 1 aliphatic heterocycles. The molecule has 1 fully saturated rings. The molecule has 5 rings (SSSR count). The van der Waals surface area contributed by atoms with Crippen LogP contribution in [0, 0.1) is 13.8 Å². The van der Waals surface area contributed by atoms with E-state index in [0.29, 0.717) is 34.7 Å². The van der Waals surface area contributed by atoms with E-state index in [4.69, 9.17) is 14.5 Å². The van der Waals surface area contributed by atoms with Crippen LogP contribution < -0.4 is 14.4 Å². The number of hydrogen-bond acceptors (Lipinski definition) is 6. The van der Waals surface area contributed by atoms with Crippen LogP contribution in [-0.4, -0.2) is 40.5 Å². The van der Waals surface area contributed by atoms with Gasteiger partial charge in [-0.2, -0.15) is 0 Å². The molecule has 1 saturated heterocycles. The van der Waals surface area contributed by atoms with Gasteiger partial charge in [0, 0.05) is 11.1 Å². The molecule has 1 atom stereocenters. The lowest BCUT2D eigenvalue weighted by atomic mass is 9.84. The molecule has 4 aromatic rings. The fourth-order valence-corrected chi connectivity index (χ4v) is 5.25. The van der Waals surface area contributed by atoms with Crippen molar-refractivity contribution in [2.45, 2.75) is 53.0 Å². The lowest BCUT2D eigenvalue weighted by Gasteiger charge is -2.25. The molecule has 41 heavy (non-hydrogen) atoms. The predicted octanol–water partition coefficient (Wildman–Crippen LogP) is 6.51. The first-order valence-corrected chi connectivity index (χ1v) is 13.6. The Bertz CT molecular complexity index is 1670. The molecule has 3 aromatic carbocycles. The number of nitrogens with one attached hydrogen (secondary N) is 1. The van der Waals surface area contributed by atoms with E-state index in [1.165, 1.54) is 4.90 Å².